The van der Waals surface area contributed by atoms with Gasteiger partial charge in [-0.1, -0.05) is 0 Å². The van der Waals surface area contributed by atoms with E-state index >= 15 is 0 Å². The number of hydrogen-bond acceptors (Lipinski definition) is 5. The maximum atomic E-state index is 11.3. The number of rotatable bonds is 3. The van der Waals surface area contributed by atoms with E-state index in [9.17, 15) is 9.59 Å². The molecule has 0 bridgehead atoms. The van der Waals surface area contributed by atoms with Gasteiger partial charge in [0, 0.05) is 0 Å². The van der Waals surface area contributed by atoms with Gasteiger partial charge in [0.25, 0.3) is 0 Å². The lowest BCUT2D eigenvalue weighted by Crippen LogP contribution is -2.36. The first-order valence-corrected chi connectivity index (χ1v) is 7.64. The number of methoxy groups -OCH3 is 1. The molecule has 0 amide bonds. The number of hydrogen-bond donors (Lipinski definition) is 0. The molecule has 0 rings (SSSR count). The molecule has 0 radical (unpaired) electrons. The van der Waals surface area contributed by atoms with Crippen LogP contribution in [0.15, 0.2) is 0 Å². The monoisotopic (exact) mass is 220 g/mol. The molecular formula is C8H16O5Si. The third-order valence-electron chi connectivity index (χ3n) is 1.18. The molecule has 0 aliphatic rings. The third-order valence-corrected chi connectivity index (χ3v) is 1.99. The lowest BCUT2D eigenvalue weighted by Gasteiger charge is -2.20. The Kier molecular flexibility index (Phi) is 4.62. The Labute approximate surface area is 84.5 Å². The summed E-state index contributed by atoms with van der Waals surface area (Å²) in [4.78, 5) is 21.9. The van der Waals surface area contributed by atoms with Gasteiger partial charge < -0.3 is 13.9 Å². The molecule has 0 N–H and O–H groups in total. The summed E-state index contributed by atoms with van der Waals surface area (Å²) >= 11 is 0. The first-order chi connectivity index (χ1) is 6.26. The van der Waals surface area contributed by atoms with E-state index in [4.69, 9.17) is 4.43 Å². The molecule has 6 heteroatoms. The predicted molar refractivity (Wildman–Crippen MR) is 52.4 cm³/mol. The van der Waals surface area contributed by atoms with Crippen LogP contribution in [0.4, 0.5) is 4.79 Å². The van der Waals surface area contributed by atoms with Gasteiger partial charge >= 0.3 is 12.1 Å². The minimum atomic E-state index is -1.93. The molecule has 0 aliphatic carbocycles. The molecule has 0 fully saturated rings. The van der Waals surface area contributed by atoms with E-state index in [0.717, 1.165) is 0 Å². The van der Waals surface area contributed by atoms with Crippen molar-refractivity contribution in [2.45, 2.75) is 32.7 Å². The van der Waals surface area contributed by atoms with E-state index in [2.05, 4.69) is 9.47 Å². The normalized spacial score (nSPS) is 12.9. The molecule has 1 atom stereocenters. The van der Waals surface area contributed by atoms with Crippen LogP contribution in [0.5, 0.6) is 0 Å². The van der Waals surface area contributed by atoms with Crippen LogP contribution in [-0.2, 0) is 18.7 Å². The SMILES string of the molecule is COC(=O)OC(C)C(=O)O[Si](C)(C)C. The first kappa shape index (κ1) is 13.0. The second-order valence-electron chi connectivity index (χ2n) is 3.75. The van der Waals surface area contributed by atoms with Gasteiger partial charge in [-0.2, -0.15) is 0 Å². The number of carbonyl (C=O) groups excluding carboxylic acids is 2. The molecule has 0 aromatic carbocycles. The second kappa shape index (κ2) is 4.99. The van der Waals surface area contributed by atoms with E-state index < -0.39 is 26.5 Å². The van der Waals surface area contributed by atoms with Crippen LogP contribution in [0.1, 0.15) is 6.92 Å². The largest absolute Gasteiger partial charge is 0.517 e. The third kappa shape index (κ3) is 5.58. The van der Waals surface area contributed by atoms with Crippen molar-refractivity contribution in [2.24, 2.45) is 0 Å². The number of carbonyl (C=O) groups is 2. The zero-order chi connectivity index (χ0) is 11.4. The van der Waals surface area contributed by atoms with Crippen molar-refractivity contribution in [1.29, 1.82) is 0 Å². The Balaban J connectivity index is 4.07. The average molecular weight is 220 g/mol. The highest BCUT2D eigenvalue weighted by atomic mass is 28.4. The fraction of sp³-hybridized carbons (Fsp3) is 0.750. The van der Waals surface area contributed by atoms with E-state index in [1.54, 1.807) is 0 Å². The summed E-state index contributed by atoms with van der Waals surface area (Å²) in [5.41, 5.74) is 0. The summed E-state index contributed by atoms with van der Waals surface area (Å²) in [6.45, 7) is 7.06. The van der Waals surface area contributed by atoms with Crippen molar-refractivity contribution in [2.75, 3.05) is 7.11 Å². The molecule has 1 unspecified atom stereocenters. The summed E-state index contributed by atoms with van der Waals surface area (Å²) in [6, 6.07) is 0. The molecule has 14 heavy (non-hydrogen) atoms. The summed E-state index contributed by atoms with van der Waals surface area (Å²) in [6.07, 6.45) is -1.81. The Hall–Kier alpha value is -1.04. The maximum Gasteiger partial charge on any atom is 0.508 e. The predicted octanol–water partition coefficient (Wildman–Crippen LogP) is 1.54. The average Bonchev–Trinajstić information content (AvgIpc) is 2.00. The molecule has 0 saturated carbocycles. The fourth-order valence-electron chi connectivity index (χ4n) is 0.625. The summed E-state index contributed by atoms with van der Waals surface area (Å²) in [7, 11) is -0.746. The van der Waals surface area contributed by atoms with Gasteiger partial charge in [0.1, 0.15) is 0 Å². The summed E-state index contributed by atoms with van der Waals surface area (Å²) < 4.78 is 13.9. The molecule has 0 aromatic rings. The van der Waals surface area contributed by atoms with Crippen molar-refractivity contribution >= 4 is 20.4 Å². The van der Waals surface area contributed by atoms with E-state index in [0.29, 0.717) is 0 Å². The Bertz CT molecular complexity index is 220. The highest BCUT2D eigenvalue weighted by Crippen LogP contribution is 2.06. The van der Waals surface area contributed by atoms with Crippen molar-refractivity contribution in [3.8, 4) is 0 Å². The van der Waals surface area contributed by atoms with Crippen LogP contribution in [0.3, 0.4) is 0 Å². The lowest BCUT2D eigenvalue weighted by atomic mass is 10.4. The number of ether oxygens (including phenoxy) is 2. The Morgan fingerprint density at radius 1 is 1.21 bits per heavy atom. The van der Waals surface area contributed by atoms with E-state index in [-0.39, 0.29) is 0 Å². The molecular weight excluding hydrogens is 204 g/mol. The van der Waals surface area contributed by atoms with E-state index in [1.165, 1.54) is 14.0 Å². The lowest BCUT2D eigenvalue weighted by molar-refractivity contribution is -0.144. The molecule has 0 spiro atoms. The van der Waals surface area contributed by atoms with Gasteiger partial charge in [-0.15, -0.1) is 0 Å². The quantitative estimate of drug-likeness (QED) is 0.533. The minimum absolute atomic E-state index is 0.533. The first-order valence-electron chi connectivity index (χ1n) is 4.23. The maximum absolute atomic E-state index is 11.3. The van der Waals surface area contributed by atoms with Gasteiger partial charge in [-0.3, -0.25) is 0 Å². The molecule has 0 heterocycles. The fourth-order valence-corrected chi connectivity index (χ4v) is 1.39. The zero-order valence-corrected chi connectivity index (χ0v) is 10.1. The topological polar surface area (TPSA) is 61.8 Å². The summed E-state index contributed by atoms with van der Waals surface area (Å²) in [5.74, 6) is -0.533. The van der Waals surface area contributed by atoms with Crippen LogP contribution in [0.25, 0.3) is 0 Å². The Morgan fingerprint density at radius 2 is 1.71 bits per heavy atom. The van der Waals surface area contributed by atoms with Crippen LogP contribution in [-0.4, -0.2) is 33.7 Å². The van der Waals surface area contributed by atoms with Gasteiger partial charge in [0.15, 0.2) is 6.10 Å². The van der Waals surface area contributed by atoms with Gasteiger partial charge in [-0.05, 0) is 26.6 Å². The van der Waals surface area contributed by atoms with Crippen molar-refractivity contribution in [3.05, 3.63) is 0 Å². The smallest absolute Gasteiger partial charge is 0.508 e. The van der Waals surface area contributed by atoms with E-state index in [1.807, 2.05) is 19.6 Å². The van der Waals surface area contributed by atoms with Gasteiger partial charge in [0.2, 0.25) is 8.32 Å². The highest BCUT2D eigenvalue weighted by Gasteiger charge is 2.26. The van der Waals surface area contributed by atoms with Gasteiger partial charge in [-0.25, -0.2) is 9.59 Å². The standard InChI is InChI=1S/C8H16O5Si/c1-6(12-8(10)11-2)7(9)13-14(3,4)5/h6H,1-5H3. The van der Waals surface area contributed by atoms with Crippen molar-refractivity contribution < 1.29 is 23.5 Å². The van der Waals surface area contributed by atoms with Crippen molar-refractivity contribution in [3.63, 3.8) is 0 Å². The zero-order valence-electron chi connectivity index (χ0n) is 9.12. The molecule has 5 nitrogen and oxygen atoms in total. The van der Waals surface area contributed by atoms with Crippen LogP contribution < -0.4 is 0 Å². The van der Waals surface area contributed by atoms with Crippen LogP contribution in [0.2, 0.25) is 19.6 Å². The summed E-state index contributed by atoms with van der Waals surface area (Å²) in [5, 5.41) is 0. The molecule has 0 aliphatic heterocycles. The van der Waals surface area contributed by atoms with Crippen LogP contribution in [0, 0.1) is 0 Å². The van der Waals surface area contributed by atoms with Gasteiger partial charge in [0.05, 0.1) is 7.11 Å². The molecule has 82 valence electrons. The van der Waals surface area contributed by atoms with Crippen LogP contribution >= 0.6 is 0 Å². The second-order valence-corrected chi connectivity index (χ2v) is 8.18. The van der Waals surface area contributed by atoms with Crippen molar-refractivity contribution in [1.82, 2.24) is 0 Å². The minimum Gasteiger partial charge on any atom is -0.517 e. The molecule has 0 saturated heterocycles. The molecule has 0 aromatic heterocycles. The highest BCUT2D eigenvalue weighted by molar-refractivity contribution is 6.71. The Morgan fingerprint density at radius 3 is 2.07 bits per heavy atom.